The normalized spacial score (nSPS) is 26.9. The lowest BCUT2D eigenvalue weighted by atomic mass is 10.1. The highest BCUT2D eigenvalue weighted by atomic mass is 16.1. The van der Waals surface area contributed by atoms with E-state index in [1.807, 2.05) is 12.1 Å². The van der Waals surface area contributed by atoms with Crippen LogP contribution in [0.5, 0.6) is 0 Å². The Morgan fingerprint density at radius 2 is 1.78 bits per heavy atom. The summed E-state index contributed by atoms with van der Waals surface area (Å²) in [5.41, 5.74) is 2.69. The molecule has 1 N–H and O–H groups in total. The Balaban J connectivity index is 1.38. The number of carbonyl (C=O) groups excluding carboxylic acids is 1. The summed E-state index contributed by atoms with van der Waals surface area (Å²) in [5.74, 6) is 1.57. The SMILES string of the molecule is C[C@H]1C[C@@H](NC(=O)C=C(C2CC2)C2CC2)CN1c1ccccc1. The maximum atomic E-state index is 12.4. The third-order valence-corrected chi connectivity index (χ3v) is 5.40. The number of para-hydroxylation sites is 1. The van der Waals surface area contributed by atoms with Crippen molar-refractivity contribution in [2.45, 2.75) is 51.1 Å². The number of carbonyl (C=O) groups is 1. The smallest absolute Gasteiger partial charge is 0.244 e. The topological polar surface area (TPSA) is 32.3 Å². The fraction of sp³-hybridized carbons (Fsp3) is 0.550. The molecule has 1 amide bonds. The van der Waals surface area contributed by atoms with Crippen LogP contribution in [0.4, 0.5) is 5.69 Å². The van der Waals surface area contributed by atoms with Gasteiger partial charge in [-0.15, -0.1) is 0 Å². The second kappa shape index (κ2) is 6.03. The summed E-state index contributed by atoms with van der Waals surface area (Å²) in [5, 5.41) is 3.25. The molecule has 4 rings (SSSR count). The van der Waals surface area contributed by atoms with Gasteiger partial charge in [-0.25, -0.2) is 0 Å². The van der Waals surface area contributed by atoms with E-state index in [1.165, 1.54) is 36.9 Å². The maximum absolute atomic E-state index is 12.4. The summed E-state index contributed by atoms with van der Waals surface area (Å²) in [6, 6.07) is 11.2. The van der Waals surface area contributed by atoms with Gasteiger partial charge in [0.2, 0.25) is 5.91 Å². The van der Waals surface area contributed by atoms with Gasteiger partial charge >= 0.3 is 0 Å². The van der Waals surface area contributed by atoms with E-state index in [9.17, 15) is 4.79 Å². The Hall–Kier alpha value is -1.77. The molecular weight excluding hydrogens is 284 g/mol. The van der Waals surface area contributed by atoms with Crippen molar-refractivity contribution in [3.8, 4) is 0 Å². The van der Waals surface area contributed by atoms with Crippen LogP contribution in [0.1, 0.15) is 39.0 Å². The van der Waals surface area contributed by atoms with E-state index in [1.54, 1.807) is 0 Å². The third kappa shape index (κ3) is 3.44. The Kier molecular flexibility index (Phi) is 3.88. The highest BCUT2D eigenvalue weighted by molar-refractivity contribution is 5.89. The average molecular weight is 310 g/mol. The van der Waals surface area contributed by atoms with Crippen molar-refractivity contribution in [3.05, 3.63) is 42.0 Å². The first-order valence-corrected chi connectivity index (χ1v) is 9.04. The van der Waals surface area contributed by atoms with Gasteiger partial charge in [0.25, 0.3) is 0 Å². The van der Waals surface area contributed by atoms with Crippen LogP contribution >= 0.6 is 0 Å². The molecule has 3 fully saturated rings. The average Bonchev–Trinajstić information content (AvgIpc) is 3.45. The summed E-state index contributed by atoms with van der Waals surface area (Å²) in [6.07, 6.45) is 8.12. The van der Waals surface area contributed by atoms with Crippen LogP contribution in [0.25, 0.3) is 0 Å². The van der Waals surface area contributed by atoms with Crippen LogP contribution in [0.15, 0.2) is 42.0 Å². The molecule has 1 aromatic carbocycles. The standard InChI is InChI=1S/C20H26N2O/c1-14-11-17(13-22(14)18-5-3-2-4-6-18)21-20(23)12-19(15-7-8-15)16-9-10-16/h2-6,12,14-17H,7-11,13H2,1H3,(H,21,23)/t14-,17+/m0/s1. The molecule has 122 valence electrons. The van der Waals surface area contributed by atoms with Crippen molar-refractivity contribution in [2.24, 2.45) is 11.8 Å². The molecular formula is C20H26N2O. The molecule has 1 aliphatic heterocycles. The summed E-state index contributed by atoms with van der Waals surface area (Å²) < 4.78 is 0. The molecule has 2 atom stereocenters. The van der Waals surface area contributed by atoms with Crippen LogP contribution in [-0.4, -0.2) is 24.5 Å². The van der Waals surface area contributed by atoms with Gasteiger partial charge in [-0.1, -0.05) is 23.8 Å². The van der Waals surface area contributed by atoms with Gasteiger partial charge < -0.3 is 10.2 Å². The molecule has 0 radical (unpaired) electrons. The second-order valence-corrected chi connectivity index (χ2v) is 7.47. The lowest BCUT2D eigenvalue weighted by Gasteiger charge is -2.23. The number of amides is 1. The molecule has 0 spiro atoms. The number of allylic oxidation sites excluding steroid dienone is 1. The minimum absolute atomic E-state index is 0.130. The second-order valence-electron chi connectivity index (χ2n) is 7.47. The number of hydrogen-bond donors (Lipinski definition) is 1. The Labute approximate surface area is 138 Å². The Bertz CT molecular complexity index is 587. The van der Waals surface area contributed by atoms with E-state index >= 15 is 0 Å². The molecule has 3 aliphatic rings. The van der Waals surface area contributed by atoms with Crippen molar-refractivity contribution < 1.29 is 4.79 Å². The molecule has 2 saturated carbocycles. The van der Waals surface area contributed by atoms with Crippen LogP contribution in [0.2, 0.25) is 0 Å². The molecule has 3 heteroatoms. The molecule has 1 heterocycles. The number of anilines is 1. The number of nitrogens with one attached hydrogen (secondary N) is 1. The maximum Gasteiger partial charge on any atom is 0.244 e. The number of benzene rings is 1. The van der Waals surface area contributed by atoms with Gasteiger partial charge in [-0.05, 0) is 63.0 Å². The minimum atomic E-state index is 0.130. The fourth-order valence-corrected chi connectivity index (χ4v) is 3.91. The van der Waals surface area contributed by atoms with E-state index in [0.717, 1.165) is 24.8 Å². The zero-order valence-electron chi connectivity index (χ0n) is 13.9. The quantitative estimate of drug-likeness (QED) is 0.844. The lowest BCUT2D eigenvalue weighted by Crippen LogP contribution is -2.36. The molecule has 0 unspecified atom stereocenters. The predicted molar refractivity (Wildman–Crippen MR) is 93.3 cm³/mol. The number of nitrogens with zero attached hydrogens (tertiary/aromatic N) is 1. The minimum Gasteiger partial charge on any atom is -0.367 e. The van der Waals surface area contributed by atoms with E-state index in [-0.39, 0.29) is 11.9 Å². The summed E-state index contributed by atoms with van der Waals surface area (Å²) in [6.45, 7) is 3.15. The summed E-state index contributed by atoms with van der Waals surface area (Å²) in [7, 11) is 0. The van der Waals surface area contributed by atoms with E-state index in [2.05, 4.69) is 41.4 Å². The van der Waals surface area contributed by atoms with Gasteiger partial charge in [0.1, 0.15) is 0 Å². The Morgan fingerprint density at radius 3 is 2.39 bits per heavy atom. The van der Waals surface area contributed by atoms with Crippen molar-refractivity contribution in [1.82, 2.24) is 5.32 Å². The fourth-order valence-electron chi connectivity index (χ4n) is 3.91. The van der Waals surface area contributed by atoms with E-state index < -0.39 is 0 Å². The van der Waals surface area contributed by atoms with Gasteiger partial charge in [0, 0.05) is 30.4 Å². The van der Waals surface area contributed by atoms with E-state index in [0.29, 0.717) is 6.04 Å². The molecule has 3 nitrogen and oxygen atoms in total. The summed E-state index contributed by atoms with van der Waals surface area (Å²) >= 11 is 0. The van der Waals surface area contributed by atoms with Gasteiger partial charge in [-0.2, -0.15) is 0 Å². The number of rotatable bonds is 5. The van der Waals surface area contributed by atoms with Crippen molar-refractivity contribution >= 4 is 11.6 Å². The molecule has 1 saturated heterocycles. The lowest BCUT2D eigenvalue weighted by molar-refractivity contribution is -0.117. The molecule has 23 heavy (non-hydrogen) atoms. The first-order chi connectivity index (χ1) is 11.2. The highest BCUT2D eigenvalue weighted by Gasteiger charge is 2.37. The van der Waals surface area contributed by atoms with Crippen LogP contribution < -0.4 is 10.2 Å². The van der Waals surface area contributed by atoms with Gasteiger partial charge in [0.15, 0.2) is 0 Å². The van der Waals surface area contributed by atoms with E-state index in [4.69, 9.17) is 0 Å². The zero-order chi connectivity index (χ0) is 15.8. The predicted octanol–water partition coefficient (Wildman–Crippen LogP) is 3.52. The Morgan fingerprint density at radius 1 is 1.13 bits per heavy atom. The molecule has 1 aromatic rings. The molecule has 2 aliphatic carbocycles. The molecule has 0 aromatic heterocycles. The van der Waals surface area contributed by atoms with Crippen LogP contribution in [0.3, 0.4) is 0 Å². The van der Waals surface area contributed by atoms with Gasteiger partial charge in [-0.3, -0.25) is 4.79 Å². The highest BCUT2D eigenvalue weighted by Crippen LogP contribution is 2.48. The first-order valence-electron chi connectivity index (χ1n) is 9.04. The van der Waals surface area contributed by atoms with Crippen LogP contribution in [0, 0.1) is 11.8 Å². The number of hydrogen-bond acceptors (Lipinski definition) is 2. The first kappa shape index (κ1) is 14.8. The molecule has 0 bridgehead atoms. The third-order valence-electron chi connectivity index (χ3n) is 5.40. The van der Waals surface area contributed by atoms with Crippen molar-refractivity contribution in [3.63, 3.8) is 0 Å². The van der Waals surface area contributed by atoms with Crippen molar-refractivity contribution in [1.29, 1.82) is 0 Å². The zero-order valence-corrected chi connectivity index (χ0v) is 13.9. The van der Waals surface area contributed by atoms with Crippen molar-refractivity contribution in [2.75, 3.05) is 11.4 Å². The van der Waals surface area contributed by atoms with Crippen LogP contribution in [-0.2, 0) is 4.79 Å². The largest absolute Gasteiger partial charge is 0.367 e. The monoisotopic (exact) mass is 310 g/mol. The summed E-state index contributed by atoms with van der Waals surface area (Å²) in [4.78, 5) is 14.8. The van der Waals surface area contributed by atoms with Gasteiger partial charge in [0.05, 0.1) is 0 Å².